The van der Waals surface area contributed by atoms with E-state index in [1.807, 2.05) is 6.92 Å². The summed E-state index contributed by atoms with van der Waals surface area (Å²) in [6.07, 6.45) is 1.86. The molecule has 29 heavy (non-hydrogen) atoms. The van der Waals surface area contributed by atoms with E-state index in [-0.39, 0.29) is 15.4 Å². The Bertz CT molecular complexity index is 1110. The van der Waals surface area contributed by atoms with Gasteiger partial charge in [0.2, 0.25) is 20.0 Å². The van der Waals surface area contributed by atoms with Crippen molar-refractivity contribution in [2.24, 2.45) is 11.1 Å². The molecule has 0 radical (unpaired) electrons. The van der Waals surface area contributed by atoms with Crippen molar-refractivity contribution in [2.45, 2.75) is 29.6 Å². The molecule has 0 aliphatic carbocycles. The second kappa shape index (κ2) is 8.23. The van der Waals surface area contributed by atoms with Crippen molar-refractivity contribution < 1.29 is 21.6 Å². The van der Waals surface area contributed by atoms with E-state index in [0.29, 0.717) is 24.7 Å². The lowest BCUT2D eigenvalue weighted by molar-refractivity contribution is 0.102. The molecule has 1 amide bonds. The number of carbonyl (C=O) groups excluding carboxylic acids is 1. The number of amides is 1. The highest BCUT2D eigenvalue weighted by molar-refractivity contribution is 7.89. The monoisotopic (exact) mass is 437 g/mol. The Labute approximate surface area is 170 Å². The quantitative estimate of drug-likeness (QED) is 0.740. The molecule has 1 saturated heterocycles. The minimum absolute atomic E-state index is 0.121. The topological polar surface area (TPSA) is 127 Å². The fraction of sp³-hybridized carbons (Fsp3) is 0.316. The maximum absolute atomic E-state index is 12.8. The third-order valence-electron chi connectivity index (χ3n) is 4.79. The highest BCUT2D eigenvalue weighted by atomic mass is 32.2. The van der Waals surface area contributed by atoms with E-state index in [9.17, 15) is 21.6 Å². The smallest absolute Gasteiger partial charge is 0.255 e. The molecule has 2 aromatic rings. The molecule has 10 heteroatoms. The summed E-state index contributed by atoms with van der Waals surface area (Å²) >= 11 is 0. The van der Waals surface area contributed by atoms with Gasteiger partial charge in [0.05, 0.1) is 9.79 Å². The minimum Gasteiger partial charge on any atom is -0.322 e. The Balaban J connectivity index is 1.75. The van der Waals surface area contributed by atoms with E-state index in [2.05, 4.69) is 5.32 Å². The molecule has 0 spiro atoms. The van der Waals surface area contributed by atoms with Gasteiger partial charge in [0.25, 0.3) is 5.91 Å². The SMILES string of the molecule is C[C@@H]1CCCN(S(=O)(=O)c2ccc(NC(=O)c3cccc(S(N)(=O)=O)c3)cc2)C1. The van der Waals surface area contributed by atoms with Crippen molar-refractivity contribution in [3.8, 4) is 0 Å². The van der Waals surface area contributed by atoms with Gasteiger partial charge in [-0.3, -0.25) is 4.79 Å². The number of sulfonamides is 2. The first-order valence-corrected chi connectivity index (χ1v) is 12.1. The van der Waals surface area contributed by atoms with Gasteiger partial charge in [0.1, 0.15) is 0 Å². The Hall–Kier alpha value is -2.27. The zero-order valence-corrected chi connectivity index (χ0v) is 17.5. The van der Waals surface area contributed by atoms with Crippen molar-refractivity contribution in [1.29, 1.82) is 0 Å². The first-order chi connectivity index (χ1) is 13.6. The van der Waals surface area contributed by atoms with Crippen molar-refractivity contribution in [1.82, 2.24) is 4.31 Å². The van der Waals surface area contributed by atoms with Crippen LogP contribution >= 0.6 is 0 Å². The molecule has 0 unspecified atom stereocenters. The summed E-state index contributed by atoms with van der Waals surface area (Å²) in [7, 11) is -7.49. The largest absolute Gasteiger partial charge is 0.322 e. The van der Waals surface area contributed by atoms with Crippen LogP contribution in [0.3, 0.4) is 0 Å². The van der Waals surface area contributed by atoms with E-state index >= 15 is 0 Å². The Morgan fingerprint density at radius 2 is 1.76 bits per heavy atom. The molecular formula is C19H23N3O5S2. The first kappa shape index (κ1) is 21.4. The lowest BCUT2D eigenvalue weighted by Gasteiger charge is -2.30. The van der Waals surface area contributed by atoms with Crippen LogP contribution in [-0.2, 0) is 20.0 Å². The molecule has 3 N–H and O–H groups in total. The Kier molecular flexibility index (Phi) is 6.08. The highest BCUT2D eigenvalue weighted by Crippen LogP contribution is 2.24. The van der Waals surface area contributed by atoms with Gasteiger partial charge >= 0.3 is 0 Å². The number of rotatable bonds is 5. The number of hydrogen-bond acceptors (Lipinski definition) is 5. The van der Waals surface area contributed by atoms with Crippen molar-refractivity contribution in [2.75, 3.05) is 18.4 Å². The average molecular weight is 438 g/mol. The number of nitrogens with zero attached hydrogens (tertiary/aromatic N) is 1. The van der Waals surface area contributed by atoms with Crippen LogP contribution in [0.15, 0.2) is 58.3 Å². The molecule has 1 aliphatic rings. The second-order valence-electron chi connectivity index (χ2n) is 7.16. The molecule has 1 atom stereocenters. The standard InChI is InChI=1S/C19H23N3O5S2/c1-14-4-3-11-22(13-14)29(26,27)17-9-7-16(8-10-17)21-19(23)15-5-2-6-18(12-15)28(20,24)25/h2,5-10,12,14H,3-4,11,13H2,1H3,(H,21,23)(H2,20,24,25)/t14-/m1/s1. The van der Waals surface area contributed by atoms with Crippen LogP contribution in [0.2, 0.25) is 0 Å². The minimum atomic E-state index is -3.92. The third kappa shape index (κ3) is 5.02. The van der Waals surface area contributed by atoms with Crippen LogP contribution in [0.1, 0.15) is 30.1 Å². The molecule has 2 aromatic carbocycles. The Morgan fingerprint density at radius 3 is 2.38 bits per heavy atom. The highest BCUT2D eigenvalue weighted by Gasteiger charge is 2.28. The van der Waals surface area contributed by atoms with E-state index in [1.165, 1.54) is 52.8 Å². The summed E-state index contributed by atoms with van der Waals surface area (Å²) in [5.74, 6) is -0.207. The van der Waals surface area contributed by atoms with Gasteiger partial charge in [-0.25, -0.2) is 22.0 Å². The molecule has 8 nitrogen and oxygen atoms in total. The van der Waals surface area contributed by atoms with Gasteiger partial charge in [0.15, 0.2) is 0 Å². The van der Waals surface area contributed by atoms with Crippen LogP contribution in [0.5, 0.6) is 0 Å². The summed E-state index contributed by atoms with van der Waals surface area (Å²) in [6, 6.07) is 11.3. The first-order valence-electron chi connectivity index (χ1n) is 9.12. The van der Waals surface area contributed by atoms with E-state index in [0.717, 1.165) is 12.8 Å². The summed E-state index contributed by atoms with van der Waals surface area (Å²) < 4.78 is 49.9. The van der Waals surface area contributed by atoms with Crippen molar-refractivity contribution in [3.63, 3.8) is 0 Å². The van der Waals surface area contributed by atoms with Crippen LogP contribution in [0, 0.1) is 5.92 Å². The summed E-state index contributed by atoms with van der Waals surface area (Å²) in [5, 5.41) is 7.70. The molecular weight excluding hydrogens is 414 g/mol. The van der Waals surface area contributed by atoms with Crippen LogP contribution in [0.4, 0.5) is 5.69 Å². The second-order valence-corrected chi connectivity index (χ2v) is 10.7. The van der Waals surface area contributed by atoms with Crippen LogP contribution in [0.25, 0.3) is 0 Å². The number of benzene rings is 2. The summed E-state index contributed by atoms with van der Waals surface area (Å²) in [6.45, 7) is 3.04. The summed E-state index contributed by atoms with van der Waals surface area (Å²) in [5.41, 5.74) is 0.512. The number of piperidine rings is 1. The number of nitrogens with one attached hydrogen (secondary N) is 1. The van der Waals surface area contributed by atoms with Gasteiger partial charge in [-0.15, -0.1) is 0 Å². The maximum atomic E-state index is 12.8. The molecule has 0 aromatic heterocycles. The fourth-order valence-corrected chi connectivity index (χ4v) is 5.40. The predicted octanol–water partition coefficient (Wildman–Crippen LogP) is 2.01. The van der Waals surface area contributed by atoms with Crippen molar-refractivity contribution in [3.05, 3.63) is 54.1 Å². The predicted molar refractivity (Wildman–Crippen MR) is 109 cm³/mol. The van der Waals surface area contributed by atoms with Gasteiger partial charge in [-0.1, -0.05) is 13.0 Å². The molecule has 3 rings (SSSR count). The van der Waals surface area contributed by atoms with Crippen LogP contribution < -0.4 is 10.5 Å². The molecule has 0 bridgehead atoms. The Morgan fingerprint density at radius 1 is 1.07 bits per heavy atom. The third-order valence-corrected chi connectivity index (χ3v) is 7.58. The van der Waals surface area contributed by atoms with Gasteiger partial charge < -0.3 is 5.32 Å². The zero-order chi connectivity index (χ0) is 21.2. The zero-order valence-electron chi connectivity index (χ0n) is 15.9. The summed E-state index contributed by atoms with van der Waals surface area (Å²) in [4.78, 5) is 12.4. The molecule has 0 saturated carbocycles. The lowest BCUT2D eigenvalue weighted by atomic mass is 10.0. The van der Waals surface area contributed by atoms with Gasteiger partial charge in [-0.2, -0.15) is 4.31 Å². The molecule has 1 fully saturated rings. The van der Waals surface area contributed by atoms with E-state index in [4.69, 9.17) is 5.14 Å². The fourth-order valence-electron chi connectivity index (χ4n) is 3.24. The molecule has 1 heterocycles. The van der Waals surface area contributed by atoms with Crippen molar-refractivity contribution >= 4 is 31.6 Å². The number of nitrogens with two attached hydrogens (primary N) is 1. The number of hydrogen-bond donors (Lipinski definition) is 2. The van der Waals surface area contributed by atoms with Gasteiger partial charge in [-0.05, 0) is 61.2 Å². The van der Waals surface area contributed by atoms with E-state index in [1.54, 1.807) is 0 Å². The average Bonchev–Trinajstić information content (AvgIpc) is 2.68. The lowest BCUT2D eigenvalue weighted by Crippen LogP contribution is -2.39. The van der Waals surface area contributed by atoms with Crippen LogP contribution in [-0.4, -0.2) is 40.1 Å². The number of primary sulfonamides is 1. The molecule has 1 aliphatic heterocycles. The van der Waals surface area contributed by atoms with Gasteiger partial charge in [0, 0.05) is 24.3 Å². The number of anilines is 1. The molecule has 156 valence electrons. The maximum Gasteiger partial charge on any atom is 0.255 e. The number of carbonyl (C=O) groups is 1. The van der Waals surface area contributed by atoms with E-state index < -0.39 is 26.0 Å². The normalized spacial score (nSPS) is 18.3.